The Balaban J connectivity index is 1.94. The van der Waals surface area contributed by atoms with Crippen molar-refractivity contribution in [2.75, 3.05) is 19.6 Å². The maximum absolute atomic E-state index is 6.21. The lowest BCUT2D eigenvalue weighted by Gasteiger charge is -2.26. The van der Waals surface area contributed by atoms with Gasteiger partial charge in [0.25, 0.3) is 0 Å². The summed E-state index contributed by atoms with van der Waals surface area (Å²) in [7, 11) is 0. The molecule has 2 N–H and O–H groups in total. The van der Waals surface area contributed by atoms with E-state index in [4.69, 9.17) is 5.73 Å². The molecule has 1 aliphatic rings. The summed E-state index contributed by atoms with van der Waals surface area (Å²) in [5.41, 5.74) is 8.74. The van der Waals surface area contributed by atoms with Crippen LogP contribution >= 0.6 is 0 Å². The number of nitrogens with two attached hydrogens (primary N) is 1. The average molecular weight is 216 g/mol. The molecular formula is C14H20N2. The van der Waals surface area contributed by atoms with E-state index < -0.39 is 0 Å². The van der Waals surface area contributed by atoms with Gasteiger partial charge in [0, 0.05) is 25.7 Å². The van der Waals surface area contributed by atoms with Crippen molar-refractivity contribution in [1.82, 2.24) is 4.90 Å². The largest absolute Gasteiger partial charge is 0.323 e. The van der Waals surface area contributed by atoms with E-state index in [1.807, 2.05) is 0 Å². The Morgan fingerprint density at radius 3 is 2.62 bits per heavy atom. The molecule has 0 bridgehead atoms. The van der Waals surface area contributed by atoms with Gasteiger partial charge in [-0.25, -0.2) is 0 Å². The topological polar surface area (TPSA) is 29.3 Å². The van der Waals surface area contributed by atoms with E-state index in [0.717, 1.165) is 26.1 Å². The minimum atomic E-state index is 0.132. The lowest BCUT2D eigenvalue weighted by Crippen LogP contribution is -2.34. The van der Waals surface area contributed by atoms with Crippen molar-refractivity contribution in [3.63, 3.8) is 0 Å². The Morgan fingerprint density at radius 1 is 1.25 bits per heavy atom. The van der Waals surface area contributed by atoms with Gasteiger partial charge in [-0.1, -0.05) is 42.0 Å². The first-order valence-electron chi connectivity index (χ1n) is 5.95. The van der Waals surface area contributed by atoms with Crippen molar-refractivity contribution in [3.8, 4) is 0 Å². The van der Waals surface area contributed by atoms with Gasteiger partial charge in [0.2, 0.25) is 0 Å². The maximum atomic E-state index is 6.21. The zero-order chi connectivity index (χ0) is 11.4. The Kier molecular flexibility index (Phi) is 3.75. The summed E-state index contributed by atoms with van der Waals surface area (Å²) in [5.74, 6) is 0. The van der Waals surface area contributed by atoms with Crippen LogP contribution < -0.4 is 5.73 Å². The molecule has 2 rings (SSSR count). The van der Waals surface area contributed by atoms with Crippen molar-refractivity contribution in [2.24, 2.45) is 5.73 Å². The normalized spacial score (nSPS) is 18.6. The first-order valence-corrected chi connectivity index (χ1v) is 5.95. The molecule has 16 heavy (non-hydrogen) atoms. The monoisotopic (exact) mass is 216 g/mol. The highest BCUT2D eigenvalue weighted by Crippen LogP contribution is 2.14. The fraction of sp³-hybridized carbons (Fsp3) is 0.429. The fourth-order valence-corrected chi connectivity index (χ4v) is 2.05. The number of rotatable bonds is 3. The molecule has 1 aromatic rings. The third kappa shape index (κ3) is 2.94. The Hall–Kier alpha value is -1.12. The molecule has 0 saturated heterocycles. The highest BCUT2D eigenvalue weighted by molar-refractivity contribution is 5.24. The van der Waals surface area contributed by atoms with Gasteiger partial charge >= 0.3 is 0 Å². The molecule has 0 aliphatic carbocycles. The van der Waals surface area contributed by atoms with Crippen LogP contribution in [-0.4, -0.2) is 24.5 Å². The number of hydrogen-bond acceptors (Lipinski definition) is 2. The van der Waals surface area contributed by atoms with Crippen LogP contribution in [0.1, 0.15) is 23.6 Å². The first-order chi connectivity index (χ1) is 7.75. The summed E-state index contributed by atoms with van der Waals surface area (Å²) in [4.78, 5) is 2.41. The fourth-order valence-electron chi connectivity index (χ4n) is 2.05. The van der Waals surface area contributed by atoms with E-state index in [0.29, 0.717) is 0 Å². The van der Waals surface area contributed by atoms with Crippen LogP contribution in [0.3, 0.4) is 0 Å². The minimum Gasteiger partial charge on any atom is -0.323 e. The number of aryl methyl sites for hydroxylation is 1. The van der Waals surface area contributed by atoms with Gasteiger partial charge in [-0.2, -0.15) is 0 Å². The van der Waals surface area contributed by atoms with Crippen molar-refractivity contribution in [2.45, 2.75) is 19.4 Å². The molecule has 0 amide bonds. The van der Waals surface area contributed by atoms with E-state index in [2.05, 4.69) is 48.2 Å². The molecule has 1 atom stereocenters. The third-order valence-corrected chi connectivity index (χ3v) is 3.10. The van der Waals surface area contributed by atoms with Crippen LogP contribution in [0.4, 0.5) is 0 Å². The zero-order valence-electron chi connectivity index (χ0n) is 9.89. The summed E-state index contributed by atoms with van der Waals surface area (Å²) in [5, 5.41) is 0. The number of nitrogens with zero attached hydrogens (tertiary/aromatic N) is 1. The summed E-state index contributed by atoms with van der Waals surface area (Å²) in [6.07, 6.45) is 5.62. The van der Waals surface area contributed by atoms with Crippen LogP contribution in [0.2, 0.25) is 0 Å². The van der Waals surface area contributed by atoms with Crippen molar-refractivity contribution in [1.29, 1.82) is 0 Å². The Bertz CT molecular complexity index is 354. The lowest BCUT2D eigenvalue weighted by atomic mass is 10.0. The molecular weight excluding hydrogens is 196 g/mol. The molecule has 0 spiro atoms. The second-order valence-electron chi connectivity index (χ2n) is 4.54. The second-order valence-corrected chi connectivity index (χ2v) is 4.54. The molecule has 1 heterocycles. The quantitative estimate of drug-likeness (QED) is 0.785. The summed E-state index contributed by atoms with van der Waals surface area (Å²) >= 11 is 0. The molecule has 2 nitrogen and oxygen atoms in total. The molecule has 1 aromatic carbocycles. The molecule has 0 radical (unpaired) electrons. The second kappa shape index (κ2) is 5.28. The lowest BCUT2D eigenvalue weighted by molar-refractivity contribution is 0.280. The van der Waals surface area contributed by atoms with Crippen LogP contribution in [0.15, 0.2) is 36.4 Å². The van der Waals surface area contributed by atoms with Gasteiger partial charge in [0.05, 0.1) is 0 Å². The number of benzene rings is 1. The summed E-state index contributed by atoms with van der Waals surface area (Å²) in [6, 6.07) is 8.67. The van der Waals surface area contributed by atoms with E-state index in [9.17, 15) is 0 Å². The van der Waals surface area contributed by atoms with Gasteiger partial charge in [0.1, 0.15) is 0 Å². The van der Waals surface area contributed by atoms with Gasteiger partial charge in [-0.3, -0.25) is 4.90 Å². The standard InChI is InChI=1S/C14H20N2/c1-12-5-7-13(8-6-12)14(15)11-16-9-3-2-4-10-16/h2-3,5-8,14H,4,9-11,15H2,1H3. The molecule has 86 valence electrons. The smallest absolute Gasteiger partial charge is 0.0424 e. The Morgan fingerprint density at radius 2 is 2.00 bits per heavy atom. The Labute approximate surface area is 97.8 Å². The molecule has 0 aromatic heterocycles. The van der Waals surface area contributed by atoms with Gasteiger partial charge < -0.3 is 5.73 Å². The molecule has 1 aliphatic heterocycles. The van der Waals surface area contributed by atoms with Gasteiger partial charge in [-0.05, 0) is 18.9 Å². The predicted octanol–water partition coefficient (Wildman–Crippen LogP) is 2.26. The molecule has 1 unspecified atom stereocenters. The van der Waals surface area contributed by atoms with Crippen molar-refractivity contribution >= 4 is 0 Å². The zero-order valence-corrected chi connectivity index (χ0v) is 9.89. The molecule has 0 fully saturated rings. The summed E-state index contributed by atoms with van der Waals surface area (Å²) < 4.78 is 0. The van der Waals surface area contributed by atoms with Crippen LogP contribution in [-0.2, 0) is 0 Å². The molecule has 0 saturated carbocycles. The van der Waals surface area contributed by atoms with E-state index in [1.165, 1.54) is 11.1 Å². The van der Waals surface area contributed by atoms with E-state index >= 15 is 0 Å². The molecule has 2 heteroatoms. The van der Waals surface area contributed by atoms with E-state index in [-0.39, 0.29) is 6.04 Å². The van der Waals surface area contributed by atoms with Crippen molar-refractivity contribution < 1.29 is 0 Å². The van der Waals surface area contributed by atoms with Crippen LogP contribution in [0.5, 0.6) is 0 Å². The SMILES string of the molecule is Cc1ccc(C(N)CN2CC=CCC2)cc1. The van der Waals surface area contributed by atoms with Crippen molar-refractivity contribution in [3.05, 3.63) is 47.5 Å². The number of hydrogen-bond donors (Lipinski definition) is 1. The highest BCUT2D eigenvalue weighted by Gasteiger charge is 2.12. The maximum Gasteiger partial charge on any atom is 0.0424 e. The van der Waals surface area contributed by atoms with Crippen LogP contribution in [0.25, 0.3) is 0 Å². The minimum absolute atomic E-state index is 0.132. The van der Waals surface area contributed by atoms with Gasteiger partial charge in [0.15, 0.2) is 0 Å². The summed E-state index contributed by atoms with van der Waals surface area (Å²) in [6.45, 7) is 5.23. The highest BCUT2D eigenvalue weighted by atomic mass is 15.1. The predicted molar refractivity (Wildman–Crippen MR) is 68.3 cm³/mol. The average Bonchev–Trinajstić information content (AvgIpc) is 2.31. The third-order valence-electron chi connectivity index (χ3n) is 3.10. The first kappa shape index (κ1) is 11.4. The van der Waals surface area contributed by atoms with Gasteiger partial charge in [-0.15, -0.1) is 0 Å². The van der Waals surface area contributed by atoms with E-state index in [1.54, 1.807) is 0 Å². The van der Waals surface area contributed by atoms with Crippen LogP contribution in [0, 0.1) is 6.92 Å².